The second-order valence-corrected chi connectivity index (χ2v) is 7.30. The van der Waals surface area contributed by atoms with E-state index in [0.29, 0.717) is 28.4 Å². The van der Waals surface area contributed by atoms with E-state index in [0.717, 1.165) is 17.7 Å². The third-order valence-electron chi connectivity index (χ3n) is 5.12. The van der Waals surface area contributed by atoms with Gasteiger partial charge >= 0.3 is 6.18 Å². The van der Waals surface area contributed by atoms with Crippen LogP contribution >= 0.6 is 0 Å². The lowest BCUT2D eigenvalue weighted by atomic mass is 10.1. The fourth-order valence-corrected chi connectivity index (χ4v) is 3.47. The Morgan fingerprint density at radius 1 is 1.12 bits per heavy atom. The maximum absolute atomic E-state index is 13.0. The number of nitrogens with one attached hydrogen (secondary N) is 1. The zero-order chi connectivity index (χ0) is 23.5. The van der Waals surface area contributed by atoms with E-state index < -0.39 is 11.7 Å². The lowest BCUT2D eigenvalue weighted by Crippen LogP contribution is -2.28. The number of hydrogen-bond acceptors (Lipinski definition) is 4. The largest absolute Gasteiger partial charge is 0.493 e. The number of carbonyl (C=O) groups excluding carboxylic acids is 1. The number of carbonyl (C=O) groups is 1. The molecule has 0 saturated heterocycles. The Hall–Kier alpha value is -3.49. The van der Waals surface area contributed by atoms with E-state index in [-0.39, 0.29) is 18.4 Å². The Bertz CT molecular complexity index is 1110. The zero-order valence-electron chi connectivity index (χ0n) is 18.2. The van der Waals surface area contributed by atoms with Crippen molar-refractivity contribution in [1.82, 2.24) is 15.1 Å². The number of methoxy groups -OCH3 is 2. The number of hydrogen-bond donors (Lipinski definition) is 1. The van der Waals surface area contributed by atoms with Crippen molar-refractivity contribution < 1.29 is 27.4 Å². The molecule has 6 nitrogen and oxygen atoms in total. The lowest BCUT2D eigenvalue weighted by molar-refractivity contribution is -0.137. The van der Waals surface area contributed by atoms with Crippen LogP contribution in [0.1, 0.15) is 35.3 Å². The van der Waals surface area contributed by atoms with Gasteiger partial charge in [0.15, 0.2) is 11.5 Å². The molecule has 0 aliphatic rings. The summed E-state index contributed by atoms with van der Waals surface area (Å²) in [6, 6.07) is 9.82. The molecule has 1 unspecified atom stereocenters. The van der Waals surface area contributed by atoms with Crippen molar-refractivity contribution in [2.45, 2.75) is 32.5 Å². The van der Waals surface area contributed by atoms with Gasteiger partial charge in [0.1, 0.15) is 0 Å². The zero-order valence-corrected chi connectivity index (χ0v) is 18.2. The van der Waals surface area contributed by atoms with Gasteiger partial charge in [-0.2, -0.15) is 18.3 Å². The Morgan fingerprint density at radius 2 is 1.84 bits per heavy atom. The highest BCUT2D eigenvalue weighted by molar-refractivity contribution is 5.79. The van der Waals surface area contributed by atoms with Crippen molar-refractivity contribution in [3.05, 3.63) is 71.0 Å². The molecule has 1 N–H and O–H groups in total. The van der Waals surface area contributed by atoms with E-state index in [2.05, 4.69) is 10.4 Å². The van der Waals surface area contributed by atoms with Crippen LogP contribution in [0.15, 0.2) is 48.7 Å². The van der Waals surface area contributed by atoms with Gasteiger partial charge in [-0.25, -0.2) is 4.68 Å². The van der Waals surface area contributed by atoms with E-state index in [1.807, 2.05) is 0 Å². The summed E-state index contributed by atoms with van der Waals surface area (Å²) in [5.74, 6) is 0.891. The first-order chi connectivity index (χ1) is 15.1. The molecule has 1 aromatic heterocycles. The maximum Gasteiger partial charge on any atom is 0.416 e. The molecular formula is C23H24F3N3O3. The van der Waals surface area contributed by atoms with Crippen LogP contribution in [-0.2, 0) is 17.4 Å². The van der Waals surface area contributed by atoms with Crippen molar-refractivity contribution >= 4 is 5.91 Å². The number of nitrogens with zero attached hydrogens (tertiary/aromatic N) is 2. The molecule has 0 spiro atoms. The average Bonchev–Trinajstić information content (AvgIpc) is 3.14. The van der Waals surface area contributed by atoms with Crippen molar-refractivity contribution in [3.63, 3.8) is 0 Å². The summed E-state index contributed by atoms with van der Waals surface area (Å²) in [6.07, 6.45) is -2.76. The predicted molar refractivity (Wildman–Crippen MR) is 113 cm³/mol. The minimum atomic E-state index is -4.44. The van der Waals surface area contributed by atoms with Crippen LogP contribution in [0.25, 0.3) is 5.69 Å². The topological polar surface area (TPSA) is 65.4 Å². The van der Waals surface area contributed by atoms with E-state index in [9.17, 15) is 18.0 Å². The quantitative estimate of drug-likeness (QED) is 0.573. The molecule has 0 radical (unpaired) electrons. The third-order valence-corrected chi connectivity index (χ3v) is 5.12. The van der Waals surface area contributed by atoms with Crippen molar-refractivity contribution in [2.24, 2.45) is 0 Å². The minimum Gasteiger partial charge on any atom is -0.493 e. The summed E-state index contributed by atoms with van der Waals surface area (Å²) in [7, 11) is 3.06. The summed E-state index contributed by atoms with van der Waals surface area (Å²) in [5.41, 5.74) is 1.66. The van der Waals surface area contributed by atoms with Gasteiger partial charge in [-0.1, -0.05) is 12.1 Å². The molecule has 0 fully saturated rings. The highest BCUT2D eigenvalue weighted by Crippen LogP contribution is 2.31. The summed E-state index contributed by atoms with van der Waals surface area (Å²) in [4.78, 5) is 12.6. The van der Waals surface area contributed by atoms with E-state index >= 15 is 0 Å². The molecule has 0 bridgehead atoms. The van der Waals surface area contributed by atoms with Gasteiger partial charge in [0.25, 0.3) is 0 Å². The third kappa shape index (κ3) is 5.04. The second-order valence-electron chi connectivity index (χ2n) is 7.30. The number of amides is 1. The van der Waals surface area contributed by atoms with Gasteiger partial charge < -0.3 is 14.8 Å². The molecule has 1 heterocycles. The Kier molecular flexibility index (Phi) is 6.76. The van der Waals surface area contributed by atoms with E-state index in [1.165, 1.54) is 25.0 Å². The number of ether oxygens (including phenoxy) is 2. The summed E-state index contributed by atoms with van der Waals surface area (Å²) >= 11 is 0. The molecule has 3 rings (SSSR count). The molecule has 0 aliphatic carbocycles. The molecule has 1 atom stereocenters. The van der Waals surface area contributed by atoms with Crippen LogP contribution in [0, 0.1) is 6.92 Å². The van der Waals surface area contributed by atoms with Gasteiger partial charge in [0.2, 0.25) is 5.91 Å². The standard InChI is InChI=1S/C23H24F3N3O3/c1-14(28-22(30)11-16-8-9-20(31-3)21(10-16)32-4)19-13-27-29(15(19)2)18-7-5-6-17(12-18)23(24,25)26/h5-10,12-14H,11H2,1-4H3,(H,28,30). The fourth-order valence-electron chi connectivity index (χ4n) is 3.47. The Labute approximate surface area is 184 Å². The van der Waals surface area contributed by atoms with Crippen molar-refractivity contribution in [2.75, 3.05) is 14.2 Å². The molecule has 0 saturated carbocycles. The average molecular weight is 447 g/mol. The summed E-state index contributed by atoms with van der Waals surface area (Å²) in [6.45, 7) is 3.55. The highest BCUT2D eigenvalue weighted by Gasteiger charge is 2.30. The number of benzene rings is 2. The van der Waals surface area contributed by atoms with Gasteiger partial charge in [-0.05, 0) is 49.7 Å². The molecule has 9 heteroatoms. The SMILES string of the molecule is COc1ccc(CC(=O)NC(C)c2cnn(-c3cccc(C(F)(F)F)c3)c2C)cc1OC. The van der Waals surface area contributed by atoms with Gasteiger partial charge in [0, 0.05) is 11.3 Å². The molecular weight excluding hydrogens is 423 g/mol. The number of alkyl halides is 3. The number of halogens is 3. The van der Waals surface area contributed by atoms with Gasteiger partial charge in [0.05, 0.1) is 44.1 Å². The fraction of sp³-hybridized carbons (Fsp3) is 0.304. The smallest absolute Gasteiger partial charge is 0.416 e. The van der Waals surface area contributed by atoms with Crippen molar-refractivity contribution in [3.8, 4) is 17.2 Å². The summed E-state index contributed by atoms with van der Waals surface area (Å²) < 4.78 is 51.0. The number of aromatic nitrogens is 2. The van der Waals surface area contributed by atoms with Crippen LogP contribution in [0.3, 0.4) is 0 Å². The second kappa shape index (κ2) is 9.33. The number of rotatable bonds is 7. The Morgan fingerprint density at radius 3 is 2.50 bits per heavy atom. The van der Waals surface area contributed by atoms with Gasteiger partial charge in [-0.3, -0.25) is 4.79 Å². The molecule has 32 heavy (non-hydrogen) atoms. The molecule has 170 valence electrons. The maximum atomic E-state index is 13.0. The van der Waals surface area contributed by atoms with Crippen LogP contribution in [0.2, 0.25) is 0 Å². The van der Waals surface area contributed by atoms with Crippen molar-refractivity contribution in [1.29, 1.82) is 0 Å². The van der Waals surface area contributed by atoms with Crippen LogP contribution in [0.5, 0.6) is 11.5 Å². The first-order valence-corrected chi connectivity index (χ1v) is 9.86. The monoisotopic (exact) mass is 447 g/mol. The highest BCUT2D eigenvalue weighted by atomic mass is 19.4. The molecule has 3 aromatic rings. The molecule has 1 amide bonds. The van der Waals surface area contributed by atoms with Crippen LogP contribution in [0.4, 0.5) is 13.2 Å². The van der Waals surface area contributed by atoms with E-state index in [1.54, 1.807) is 44.3 Å². The predicted octanol–water partition coefficient (Wildman–Crippen LogP) is 4.64. The lowest BCUT2D eigenvalue weighted by Gasteiger charge is -2.15. The first-order valence-electron chi connectivity index (χ1n) is 9.86. The Balaban J connectivity index is 1.73. The first kappa shape index (κ1) is 23.2. The minimum absolute atomic E-state index is 0.130. The molecule has 0 aliphatic heterocycles. The van der Waals surface area contributed by atoms with E-state index in [4.69, 9.17) is 9.47 Å². The molecule has 2 aromatic carbocycles. The van der Waals surface area contributed by atoms with Crippen LogP contribution in [-0.4, -0.2) is 29.9 Å². The van der Waals surface area contributed by atoms with Gasteiger partial charge in [-0.15, -0.1) is 0 Å². The normalized spacial score (nSPS) is 12.3. The summed E-state index contributed by atoms with van der Waals surface area (Å²) in [5, 5.41) is 7.14. The van der Waals surface area contributed by atoms with Crippen LogP contribution < -0.4 is 14.8 Å².